The molecular formula is C30H28Cl2FN5O2S. The van der Waals surface area contributed by atoms with Crippen molar-refractivity contribution in [1.82, 2.24) is 5.32 Å². The highest BCUT2D eigenvalue weighted by Crippen LogP contribution is 2.34. The number of nitriles is 1. The smallest absolute Gasteiger partial charge is 0.251 e. The van der Waals surface area contributed by atoms with E-state index in [1.807, 2.05) is 29.2 Å². The van der Waals surface area contributed by atoms with Crippen molar-refractivity contribution in [2.24, 2.45) is 11.5 Å². The molecule has 11 heteroatoms. The van der Waals surface area contributed by atoms with Crippen molar-refractivity contribution in [2.75, 3.05) is 31.2 Å². The quantitative estimate of drug-likeness (QED) is 0.202. The molecule has 0 spiro atoms. The minimum atomic E-state index is -0.848. The average molecular weight is 613 g/mol. The average Bonchev–Trinajstić information content (AvgIpc) is 2.97. The van der Waals surface area contributed by atoms with Crippen LogP contribution >= 0.6 is 35.0 Å². The van der Waals surface area contributed by atoms with E-state index in [0.717, 1.165) is 10.5 Å². The summed E-state index contributed by atoms with van der Waals surface area (Å²) in [5.41, 5.74) is 14.8. The normalized spacial score (nSPS) is 14.8. The van der Waals surface area contributed by atoms with Gasteiger partial charge < -0.3 is 26.4 Å². The van der Waals surface area contributed by atoms with Crippen LogP contribution < -0.4 is 21.7 Å². The predicted octanol–water partition coefficient (Wildman–Crippen LogP) is 5.94. The van der Waals surface area contributed by atoms with Crippen molar-refractivity contribution in [2.45, 2.75) is 17.4 Å². The van der Waals surface area contributed by atoms with Gasteiger partial charge in [-0.1, -0.05) is 59.2 Å². The molecule has 0 aliphatic carbocycles. The second-order valence-electron chi connectivity index (χ2n) is 9.12. The maximum atomic E-state index is 14.3. The molecule has 1 aliphatic heterocycles. The van der Waals surface area contributed by atoms with Crippen LogP contribution in [0.5, 0.6) is 0 Å². The number of rotatable bonds is 9. The number of halogens is 3. The monoisotopic (exact) mass is 611 g/mol. The van der Waals surface area contributed by atoms with Gasteiger partial charge in [-0.2, -0.15) is 5.26 Å². The topological polar surface area (TPSA) is 117 Å². The first-order valence-corrected chi connectivity index (χ1v) is 14.3. The van der Waals surface area contributed by atoms with E-state index in [1.165, 1.54) is 23.9 Å². The van der Waals surface area contributed by atoms with Crippen molar-refractivity contribution >= 4 is 46.6 Å². The number of nitrogens with zero attached hydrogens (tertiary/aromatic N) is 2. The Morgan fingerprint density at radius 1 is 1.10 bits per heavy atom. The van der Waals surface area contributed by atoms with Gasteiger partial charge >= 0.3 is 0 Å². The van der Waals surface area contributed by atoms with Crippen molar-refractivity contribution in [1.29, 1.82) is 5.26 Å². The van der Waals surface area contributed by atoms with Crippen molar-refractivity contribution in [3.05, 3.63) is 116 Å². The molecule has 5 N–H and O–H groups in total. The van der Waals surface area contributed by atoms with Gasteiger partial charge in [-0.25, -0.2) is 4.39 Å². The van der Waals surface area contributed by atoms with Crippen molar-refractivity contribution < 1.29 is 13.9 Å². The van der Waals surface area contributed by atoms with Crippen LogP contribution in [0, 0.1) is 17.1 Å². The highest BCUT2D eigenvalue weighted by atomic mass is 35.5. The first-order chi connectivity index (χ1) is 19.8. The number of carbonyl (C=O) groups excluding carboxylic acids is 1. The first-order valence-electron chi connectivity index (χ1n) is 12.7. The lowest BCUT2D eigenvalue weighted by Gasteiger charge is -2.29. The first kappa shape index (κ1) is 30.3. The van der Waals surface area contributed by atoms with Gasteiger partial charge in [0, 0.05) is 57.1 Å². The molecule has 7 nitrogen and oxygen atoms in total. The van der Waals surface area contributed by atoms with Gasteiger partial charge in [0.25, 0.3) is 5.91 Å². The summed E-state index contributed by atoms with van der Waals surface area (Å²) in [5, 5.41) is 13.7. The number of hydrogen-bond acceptors (Lipinski definition) is 7. The number of allylic oxidation sites excluding steroid dienone is 3. The Bertz CT molecular complexity index is 1500. The van der Waals surface area contributed by atoms with Crippen LogP contribution in [0.15, 0.2) is 88.4 Å². The van der Waals surface area contributed by atoms with Gasteiger partial charge in [-0.3, -0.25) is 4.79 Å². The Morgan fingerprint density at radius 3 is 2.51 bits per heavy atom. The summed E-state index contributed by atoms with van der Waals surface area (Å²) in [7, 11) is 0. The van der Waals surface area contributed by atoms with Gasteiger partial charge in [0.15, 0.2) is 0 Å². The molecule has 1 fully saturated rings. The lowest BCUT2D eigenvalue weighted by atomic mass is 9.97. The minimum Gasteiger partial charge on any atom is -0.401 e. The second-order valence-corrected chi connectivity index (χ2v) is 11.1. The second kappa shape index (κ2) is 14.3. The lowest BCUT2D eigenvalue weighted by molar-refractivity contribution is 0.0950. The molecule has 1 amide bonds. The number of morpholine rings is 1. The molecule has 1 unspecified atom stereocenters. The maximum absolute atomic E-state index is 14.3. The molecule has 212 valence electrons. The Balaban J connectivity index is 1.44. The Hall–Kier alpha value is -3.68. The molecule has 1 atom stereocenters. The van der Waals surface area contributed by atoms with Gasteiger partial charge in [0.1, 0.15) is 11.7 Å². The molecule has 0 bridgehead atoms. The number of hydrogen-bond donors (Lipinski definition) is 3. The van der Waals surface area contributed by atoms with E-state index in [9.17, 15) is 14.4 Å². The van der Waals surface area contributed by atoms with Crippen LogP contribution in [0.2, 0.25) is 10.0 Å². The van der Waals surface area contributed by atoms with Gasteiger partial charge in [-0.15, -0.1) is 0 Å². The van der Waals surface area contributed by atoms with Crippen LogP contribution in [-0.4, -0.2) is 32.2 Å². The predicted molar refractivity (Wildman–Crippen MR) is 162 cm³/mol. The molecule has 3 aromatic carbocycles. The molecule has 0 saturated carbocycles. The maximum Gasteiger partial charge on any atom is 0.251 e. The molecule has 4 rings (SSSR count). The Labute approximate surface area is 252 Å². The van der Waals surface area contributed by atoms with E-state index < -0.39 is 11.7 Å². The Kier molecular flexibility index (Phi) is 10.6. The molecule has 41 heavy (non-hydrogen) atoms. The standard InChI is InChI=1S/C30H28Cl2FN5O2S/c31-24-5-3-6-25(32)29(24)23(17-34)26(35)8-9-28(36)41-27-7-2-1-4-19(27)18-37-30(39)20-14-21(33)16-22(15-20)38-10-12-40-13-11-38/h1-9,14-16,23H,10-13,18,35-36H2,(H,37,39)/b26-8-,28-9+. The van der Waals surface area contributed by atoms with E-state index in [0.29, 0.717) is 52.6 Å². The van der Waals surface area contributed by atoms with Crippen LogP contribution in [-0.2, 0) is 11.3 Å². The van der Waals surface area contributed by atoms with Crippen molar-refractivity contribution in [3.8, 4) is 6.07 Å². The number of thioether (sulfide) groups is 1. The van der Waals surface area contributed by atoms with Crippen molar-refractivity contribution in [3.63, 3.8) is 0 Å². The highest BCUT2D eigenvalue weighted by Gasteiger charge is 2.20. The molecule has 1 heterocycles. The summed E-state index contributed by atoms with van der Waals surface area (Å²) in [6.45, 7) is 2.59. The molecular weight excluding hydrogens is 584 g/mol. The highest BCUT2D eigenvalue weighted by molar-refractivity contribution is 8.03. The zero-order chi connectivity index (χ0) is 29.4. The number of amides is 1. The van der Waals surface area contributed by atoms with E-state index in [2.05, 4.69) is 11.4 Å². The number of carbonyl (C=O) groups is 1. The van der Waals surface area contributed by atoms with E-state index in [1.54, 1.807) is 36.4 Å². The molecule has 1 saturated heterocycles. The number of nitrogens with two attached hydrogens (primary N) is 2. The number of anilines is 1. The number of ether oxygens (including phenoxy) is 1. The molecule has 3 aromatic rings. The summed E-state index contributed by atoms with van der Waals surface area (Å²) < 4.78 is 19.7. The largest absolute Gasteiger partial charge is 0.401 e. The number of nitrogens with one attached hydrogen (secondary N) is 1. The van der Waals surface area contributed by atoms with Crippen LogP contribution in [0.25, 0.3) is 0 Å². The van der Waals surface area contributed by atoms with E-state index >= 15 is 0 Å². The molecule has 1 aliphatic rings. The van der Waals surface area contributed by atoms with E-state index in [4.69, 9.17) is 39.4 Å². The van der Waals surface area contributed by atoms with Gasteiger partial charge in [-0.05, 0) is 54.1 Å². The van der Waals surface area contributed by atoms with E-state index in [-0.39, 0.29) is 23.7 Å². The number of benzene rings is 3. The SMILES string of the molecule is N#CC(/C(N)=C/C=C(\N)Sc1ccccc1CNC(=O)c1cc(F)cc(N2CCOCC2)c1)c1c(Cl)cccc1Cl. The third-order valence-corrected chi connectivity index (χ3v) is 8.00. The third-order valence-electron chi connectivity index (χ3n) is 6.35. The van der Waals surface area contributed by atoms with Crippen LogP contribution in [0.1, 0.15) is 27.4 Å². The fourth-order valence-electron chi connectivity index (χ4n) is 4.26. The summed E-state index contributed by atoms with van der Waals surface area (Å²) in [6, 6.07) is 18.9. The fraction of sp³-hybridized carbons (Fsp3) is 0.200. The lowest BCUT2D eigenvalue weighted by Crippen LogP contribution is -2.36. The van der Waals surface area contributed by atoms with Gasteiger partial charge in [0.05, 0.1) is 24.3 Å². The zero-order valence-corrected chi connectivity index (χ0v) is 24.3. The molecule has 0 aromatic heterocycles. The zero-order valence-electron chi connectivity index (χ0n) is 21.9. The fourth-order valence-corrected chi connectivity index (χ4v) is 5.69. The molecule has 0 radical (unpaired) electrons. The van der Waals surface area contributed by atoms with Crippen LogP contribution in [0.3, 0.4) is 0 Å². The Morgan fingerprint density at radius 2 is 1.80 bits per heavy atom. The van der Waals surface area contributed by atoms with Crippen LogP contribution in [0.4, 0.5) is 10.1 Å². The summed E-state index contributed by atoms with van der Waals surface area (Å²) in [5.74, 6) is -1.71. The summed E-state index contributed by atoms with van der Waals surface area (Å²) in [6.07, 6.45) is 3.15. The van der Waals surface area contributed by atoms with Gasteiger partial charge in [0.2, 0.25) is 0 Å². The minimum absolute atomic E-state index is 0.207. The summed E-state index contributed by atoms with van der Waals surface area (Å²) >= 11 is 13.8. The third kappa shape index (κ3) is 7.96. The summed E-state index contributed by atoms with van der Waals surface area (Å²) in [4.78, 5) is 15.7.